The van der Waals surface area contributed by atoms with Gasteiger partial charge >= 0.3 is 5.97 Å². The Balaban J connectivity index is 2.39. The van der Waals surface area contributed by atoms with Crippen LogP contribution in [0.25, 0.3) is 0 Å². The zero-order valence-corrected chi connectivity index (χ0v) is 10.9. The largest absolute Gasteiger partial charge is 0.481 e. The molecule has 1 unspecified atom stereocenters. The second kappa shape index (κ2) is 4.90. The normalized spacial score (nSPS) is 17.2. The van der Waals surface area contributed by atoms with Gasteiger partial charge in [-0.1, -0.05) is 6.07 Å². The van der Waals surface area contributed by atoms with Crippen molar-refractivity contribution in [3.63, 3.8) is 0 Å². The average molecular weight is 287 g/mol. The second-order valence-corrected chi connectivity index (χ2v) is 6.76. The minimum atomic E-state index is -3.62. The van der Waals surface area contributed by atoms with Crippen molar-refractivity contribution in [1.29, 1.82) is 0 Å². The number of benzene rings is 1. The SMILES string of the molecule is NCC(C(=O)O)c1ccc(S(=O)(=O)C2CC2)c(F)c1. The molecule has 2 rings (SSSR count). The van der Waals surface area contributed by atoms with Crippen LogP contribution in [0, 0.1) is 5.82 Å². The lowest BCUT2D eigenvalue weighted by Crippen LogP contribution is -2.21. The summed E-state index contributed by atoms with van der Waals surface area (Å²) in [7, 11) is -3.62. The van der Waals surface area contributed by atoms with Crippen LogP contribution in [0.4, 0.5) is 4.39 Å². The summed E-state index contributed by atoms with van der Waals surface area (Å²) in [5.74, 6) is -3.11. The molecule has 1 aliphatic carbocycles. The Labute approximate surface area is 110 Å². The fourth-order valence-corrected chi connectivity index (χ4v) is 3.61. The highest BCUT2D eigenvalue weighted by Gasteiger charge is 2.38. The van der Waals surface area contributed by atoms with Gasteiger partial charge < -0.3 is 10.8 Å². The van der Waals surface area contributed by atoms with Gasteiger partial charge in [-0.15, -0.1) is 0 Å². The van der Waals surface area contributed by atoms with E-state index in [0.717, 1.165) is 12.1 Å². The summed E-state index contributed by atoms with van der Waals surface area (Å²) >= 11 is 0. The maximum absolute atomic E-state index is 13.9. The fourth-order valence-electron chi connectivity index (χ4n) is 1.90. The monoisotopic (exact) mass is 287 g/mol. The van der Waals surface area contributed by atoms with E-state index >= 15 is 0 Å². The Hall–Kier alpha value is -1.47. The van der Waals surface area contributed by atoms with E-state index in [1.54, 1.807) is 0 Å². The van der Waals surface area contributed by atoms with Crippen molar-refractivity contribution in [3.05, 3.63) is 29.6 Å². The number of nitrogens with two attached hydrogens (primary N) is 1. The van der Waals surface area contributed by atoms with Crippen LogP contribution in [-0.4, -0.2) is 31.3 Å². The number of sulfone groups is 1. The molecular formula is C12H14FNO4S. The first-order chi connectivity index (χ1) is 8.87. The predicted octanol–water partition coefficient (Wildman–Crippen LogP) is 0.889. The number of rotatable bonds is 5. The zero-order valence-electron chi connectivity index (χ0n) is 10.0. The van der Waals surface area contributed by atoms with Crippen LogP contribution in [0.1, 0.15) is 24.3 Å². The van der Waals surface area contributed by atoms with Gasteiger partial charge in [-0.3, -0.25) is 4.79 Å². The first kappa shape index (κ1) is 14.0. The van der Waals surface area contributed by atoms with Crippen molar-refractivity contribution in [3.8, 4) is 0 Å². The average Bonchev–Trinajstić information content (AvgIpc) is 3.12. The lowest BCUT2D eigenvalue weighted by Gasteiger charge is -2.12. The topological polar surface area (TPSA) is 97.5 Å². The molecule has 0 heterocycles. The van der Waals surface area contributed by atoms with Crippen LogP contribution in [-0.2, 0) is 14.6 Å². The molecule has 104 valence electrons. The Bertz CT molecular complexity index is 610. The number of hydrogen-bond acceptors (Lipinski definition) is 4. The minimum Gasteiger partial charge on any atom is -0.481 e. The first-order valence-corrected chi connectivity index (χ1v) is 7.38. The summed E-state index contributed by atoms with van der Waals surface area (Å²) in [6.45, 7) is -0.177. The van der Waals surface area contributed by atoms with Crippen LogP contribution in [0.2, 0.25) is 0 Å². The second-order valence-electron chi connectivity index (χ2n) is 4.56. The molecule has 1 aliphatic rings. The maximum atomic E-state index is 13.9. The van der Waals surface area contributed by atoms with E-state index < -0.39 is 32.8 Å². The molecule has 0 radical (unpaired) electrons. The van der Waals surface area contributed by atoms with Crippen LogP contribution in [0.3, 0.4) is 0 Å². The first-order valence-electron chi connectivity index (χ1n) is 5.84. The van der Waals surface area contributed by atoms with Crippen LogP contribution >= 0.6 is 0 Å². The molecule has 1 atom stereocenters. The number of carboxylic acid groups (broad SMARTS) is 1. The predicted molar refractivity (Wildman–Crippen MR) is 66.0 cm³/mol. The van der Waals surface area contributed by atoms with E-state index in [1.165, 1.54) is 6.07 Å². The molecule has 1 saturated carbocycles. The molecule has 0 bridgehead atoms. The molecule has 7 heteroatoms. The fraction of sp³-hybridized carbons (Fsp3) is 0.417. The van der Waals surface area contributed by atoms with Gasteiger partial charge in [0, 0.05) is 6.54 Å². The number of hydrogen-bond donors (Lipinski definition) is 2. The van der Waals surface area contributed by atoms with Gasteiger partial charge in [0.15, 0.2) is 9.84 Å². The van der Waals surface area contributed by atoms with Crippen molar-refractivity contribution < 1.29 is 22.7 Å². The number of carboxylic acids is 1. The molecule has 5 nitrogen and oxygen atoms in total. The van der Waals surface area contributed by atoms with E-state index in [4.69, 9.17) is 10.8 Å². The zero-order chi connectivity index (χ0) is 14.2. The summed E-state index contributed by atoms with van der Waals surface area (Å²) in [6.07, 6.45) is 1.09. The van der Waals surface area contributed by atoms with Gasteiger partial charge in [-0.05, 0) is 30.5 Å². The molecule has 0 amide bonds. The van der Waals surface area contributed by atoms with Crippen LogP contribution in [0.15, 0.2) is 23.1 Å². The molecule has 0 aromatic heterocycles. The van der Waals surface area contributed by atoms with Crippen molar-refractivity contribution in [1.82, 2.24) is 0 Å². The van der Waals surface area contributed by atoms with E-state index in [2.05, 4.69) is 0 Å². The lowest BCUT2D eigenvalue weighted by atomic mass is 9.99. The van der Waals surface area contributed by atoms with Gasteiger partial charge in [0.2, 0.25) is 0 Å². The molecule has 0 saturated heterocycles. The van der Waals surface area contributed by atoms with Gasteiger partial charge in [0.05, 0.1) is 11.2 Å². The summed E-state index contributed by atoms with van der Waals surface area (Å²) < 4.78 is 37.7. The van der Waals surface area contributed by atoms with Gasteiger partial charge in [-0.2, -0.15) is 0 Å². The standard InChI is InChI=1S/C12H14FNO4S/c13-10-5-7(9(6-14)12(15)16)1-4-11(10)19(17,18)8-2-3-8/h1,4-5,8-9H,2-3,6,14H2,(H,15,16). The lowest BCUT2D eigenvalue weighted by molar-refractivity contribution is -0.138. The highest BCUT2D eigenvalue weighted by molar-refractivity contribution is 7.92. The smallest absolute Gasteiger partial charge is 0.312 e. The Morgan fingerprint density at radius 3 is 2.53 bits per heavy atom. The van der Waals surface area contributed by atoms with E-state index in [-0.39, 0.29) is 17.0 Å². The van der Waals surface area contributed by atoms with E-state index in [0.29, 0.717) is 12.8 Å². The third-order valence-electron chi connectivity index (χ3n) is 3.16. The van der Waals surface area contributed by atoms with Gasteiger partial charge in [-0.25, -0.2) is 12.8 Å². The van der Waals surface area contributed by atoms with Crippen LogP contribution in [0.5, 0.6) is 0 Å². The minimum absolute atomic E-state index is 0.169. The summed E-state index contributed by atoms with van der Waals surface area (Å²) in [5, 5.41) is 8.42. The number of aliphatic carboxylic acids is 1. The number of carbonyl (C=O) groups is 1. The highest BCUT2D eigenvalue weighted by atomic mass is 32.2. The van der Waals surface area contributed by atoms with Crippen molar-refractivity contribution in [2.45, 2.75) is 28.9 Å². The summed E-state index contributed by atoms with van der Waals surface area (Å²) in [5.41, 5.74) is 5.49. The quantitative estimate of drug-likeness (QED) is 0.838. The molecule has 19 heavy (non-hydrogen) atoms. The van der Waals surface area contributed by atoms with E-state index in [9.17, 15) is 17.6 Å². The molecular weight excluding hydrogens is 273 g/mol. The van der Waals surface area contributed by atoms with Gasteiger partial charge in [0.25, 0.3) is 0 Å². The molecule has 3 N–H and O–H groups in total. The Kier molecular flexibility index (Phi) is 3.60. The summed E-state index contributed by atoms with van der Waals surface area (Å²) in [6, 6.07) is 3.38. The number of halogens is 1. The Morgan fingerprint density at radius 1 is 1.47 bits per heavy atom. The Morgan fingerprint density at radius 2 is 2.11 bits per heavy atom. The van der Waals surface area contributed by atoms with Crippen molar-refractivity contribution >= 4 is 15.8 Å². The van der Waals surface area contributed by atoms with Crippen molar-refractivity contribution in [2.24, 2.45) is 5.73 Å². The molecule has 0 aliphatic heterocycles. The maximum Gasteiger partial charge on any atom is 0.312 e. The van der Waals surface area contributed by atoms with Gasteiger partial charge in [0.1, 0.15) is 10.7 Å². The van der Waals surface area contributed by atoms with E-state index in [1.807, 2.05) is 0 Å². The molecule has 1 fully saturated rings. The molecule has 1 aromatic carbocycles. The highest BCUT2D eigenvalue weighted by Crippen LogP contribution is 2.35. The summed E-state index contributed by atoms with van der Waals surface area (Å²) in [4.78, 5) is 10.6. The third kappa shape index (κ3) is 2.62. The van der Waals surface area contributed by atoms with Crippen LogP contribution < -0.4 is 5.73 Å². The van der Waals surface area contributed by atoms with Crippen molar-refractivity contribution in [2.75, 3.05) is 6.54 Å². The molecule has 1 aromatic rings. The third-order valence-corrected chi connectivity index (χ3v) is 5.46. The molecule has 0 spiro atoms.